The lowest BCUT2D eigenvalue weighted by Gasteiger charge is -2.26. The standard InChI is InChI=1S/C24H35N3O4/c1-16(2)22(24(30)25-18-8-6-4-5-7-9-18)26-23(29)17-14-21(28)27(15-17)19-10-12-20(31-3)13-11-19/h10-13,16-18,22H,4-9,14-15H2,1-3H3,(H,25,30)(H,26,29)/t17-,22+/m1/s1. The van der Waals surface area contributed by atoms with Crippen molar-refractivity contribution < 1.29 is 19.1 Å². The molecule has 1 aliphatic carbocycles. The highest BCUT2D eigenvalue weighted by atomic mass is 16.5. The van der Waals surface area contributed by atoms with Crippen molar-refractivity contribution in [1.29, 1.82) is 0 Å². The summed E-state index contributed by atoms with van der Waals surface area (Å²) in [7, 11) is 1.59. The number of benzene rings is 1. The predicted octanol–water partition coefficient (Wildman–Crippen LogP) is 3.03. The summed E-state index contributed by atoms with van der Waals surface area (Å²) < 4.78 is 5.16. The fraction of sp³-hybridized carbons (Fsp3) is 0.625. The van der Waals surface area contributed by atoms with E-state index in [1.165, 1.54) is 12.8 Å². The van der Waals surface area contributed by atoms with Crippen LogP contribution in [0.5, 0.6) is 5.75 Å². The van der Waals surface area contributed by atoms with Crippen LogP contribution in [0.15, 0.2) is 24.3 Å². The van der Waals surface area contributed by atoms with Crippen LogP contribution in [-0.4, -0.2) is 43.5 Å². The van der Waals surface area contributed by atoms with Gasteiger partial charge in [0.25, 0.3) is 0 Å². The molecule has 0 bridgehead atoms. The van der Waals surface area contributed by atoms with Crippen LogP contribution in [0.4, 0.5) is 5.69 Å². The monoisotopic (exact) mass is 429 g/mol. The lowest BCUT2D eigenvalue weighted by Crippen LogP contribution is -2.53. The fourth-order valence-electron chi connectivity index (χ4n) is 4.42. The summed E-state index contributed by atoms with van der Waals surface area (Å²) in [6, 6.07) is 6.81. The number of nitrogens with one attached hydrogen (secondary N) is 2. The van der Waals surface area contributed by atoms with Crippen molar-refractivity contribution in [2.45, 2.75) is 70.9 Å². The highest BCUT2D eigenvalue weighted by Gasteiger charge is 2.37. The number of hydrogen-bond acceptors (Lipinski definition) is 4. The van der Waals surface area contributed by atoms with Crippen LogP contribution in [0.1, 0.15) is 58.8 Å². The number of anilines is 1. The van der Waals surface area contributed by atoms with Gasteiger partial charge >= 0.3 is 0 Å². The second-order valence-corrected chi connectivity index (χ2v) is 9.03. The van der Waals surface area contributed by atoms with Crippen molar-refractivity contribution in [3.05, 3.63) is 24.3 Å². The minimum atomic E-state index is -0.596. The Labute approximate surface area is 184 Å². The van der Waals surface area contributed by atoms with E-state index in [9.17, 15) is 14.4 Å². The van der Waals surface area contributed by atoms with Crippen molar-refractivity contribution in [1.82, 2.24) is 10.6 Å². The van der Waals surface area contributed by atoms with Crippen molar-refractivity contribution in [2.24, 2.45) is 11.8 Å². The third-order valence-electron chi connectivity index (χ3n) is 6.33. The van der Waals surface area contributed by atoms with Gasteiger partial charge < -0.3 is 20.3 Å². The quantitative estimate of drug-likeness (QED) is 0.652. The largest absolute Gasteiger partial charge is 0.497 e. The maximum Gasteiger partial charge on any atom is 0.243 e. The zero-order chi connectivity index (χ0) is 22.4. The maximum absolute atomic E-state index is 12.9. The van der Waals surface area contributed by atoms with E-state index in [0.717, 1.165) is 31.4 Å². The predicted molar refractivity (Wildman–Crippen MR) is 120 cm³/mol. The summed E-state index contributed by atoms with van der Waals surface area (Å²) in [5.41, 5.74) is 0.743. The molecule has 7 heteroatoms. The Morgan fingerprint density at radius 2 is 1.71 bits per heavy atom. The third kappa shape index (κ3) is 5.99. The summed E-state index contributed by atoms with van der Waals surface area (Å²) in [5.74, 6) is -0.241. The fourth-order valence-corrected chi connectivity index (χ4v) is 4.42. The first kappa shape index (κ1) is 23.1. The van der Waals surface area contributed by atoms with Crippen LogP contribution in [0.2, 0.25) is 0 Å². The molecule has 2 aliphatic rings. The molecule has 0 spiro atoms. The first-order valence-electron chi connectivity index (χ1n) is 11.4. The molecule has 31 heavy (non-hydrogen) atoms. The van der Waals surface area contributed by atoms with Crippen molar-refractivity contribution in [2.75, 3.05) is 18.6 Å². The Bertz CT molecular complexity index is 770. The highest BCUT2D eigenvalue weighted by Crippen LogP contribution is 2.27. The van der Waals surface area contributed by atoms with E-state index >= 15 is 0 Å². The SMILES string of the molecule is COc1ccc(N2C[C@H](C(=O)N[C@H](C(=O)NC3CCCCCC3)C(C)C)CC2=O)cc1. The average Bonchev–Trinajstić information content (AvgIpc) is 2.96. The molecular weight excluding hydrogens is 394 g/mol. The zero-order valence-corrected chi connectivity index (χ0v) is 18.9. The molecule has 170 valence electrons. The number of hydrogen-bond donors (Lipinski definition) is 2. The number of ether oxygens (including phenoxy) is 1. The van der Waals surface area contributed by atoms with Crippen LogP contribution in [0, 0.1) is 11.8 Å². The third-order valence-corrected chi connectivity index (χ3v) is 6.33. The molecule has 1 saturated carbocycles. The zero-order valence-electron chi connectivity index (χ0n) is 18.9. The van der Waals surface area contributed by atoms with Gasteiger partial charge in [0.05, 0.1) is 13.0 Å². The molecule has 1 aliphatic heterocycles. The number of nitrogens with zero attached hydrogens (tertiary/aromatic N) is 1. The molecule has 1 saturated heterocycles. The molecule has 1 aromatic carbocycles. The summed E-state index contributed by atoms with van der Waals surface area (Å²) in [6.07, 6.45) is 6.85. The van der Waals surface area contributed by atoms with Crippen LogP contribution in [0.25, 0.3) is 0 Å². The van der Waals surface area contributed by atoms with E-state index in [0.29, 0.717) is 12.3 Å². The topological polar surface area (TPSA) is 87.7 Å². The molecule has 2 N–H and O–H groups in total. The van der Waals surface area contributed by atoms with Crippen molar-refractivity contribution >= 4 is 23.4 Å². The van der Waals surface area contributed by atoms with Gasteiger partial charge in [-0.1, -0.05) is 39.5 Å². The average molecular weight is 430 g/mol. The van der Waals surface area contributed by atoms with Gasteiger partial charge in [-0.3, -0.25) is 14.4 Å². The van der Waals surface area contributed by atoms with Crippen LogP contribution in [0.3, 0.4) is 0 Å². The molecule has 7 nitrogen and oxygen atoms in total. The van der Waals surface area contributed by atoms with Crippen LogP contribution < -0.4 is 20.3 Å². The molecule has 1 heterocycles. The summed E-state index contributed by atoms with van der Waals surface area (Å²) in [5, 5.41) is 6.07. The van der Waals surface area contributed by atoms with Gasteiger partial charge in [0.1, 0.15) is 11.8 Å². The molecule has 0 radical (unpaired) electrons. The summed E-state index contributed by atoms with van der Waals surface area (Å²) in [6.45, 7) is 4.17. The van der Waals surface area contributed by atoms with E-state index in [1.54, 1.807) is 24.1 Å². The Morgan fingerprint density at radius 3 is 2.29 bits per heavy atom. The molecular formula is C24H35N3O4. The smallest absolute Gasteiger partial charge is 0.243 e. The normalized spacial score (nSPS) is 21.0. The van der Waals surface area contributed by atoms with E-state index in [2.05, 4.69) is 10.6 Å². The lowest BCUT2D eigenvalue weighted by atomic mass is 10.00. The molecule has 0 unspecified atom stereocenters. The first-order valence-corrected chi connectivity index (χ1v) is 11.4. The van der Waals surface area contributed by atoms with E-state index in [1.807, 2.05) is 26.0 Å². The number of amides is 3. The number of rotatable bonds is 7. The molecule has 2 atom stereocenters. The number of carbonyl (C=O) groups is 3. The van der Waals surface area contributed by atoms with Crippen molar-refractivity contribution in [3.63, 3.8) is 0 Å². The Kier molecular flexibility index (Phi) is 7.93. The molecule has 0 aromatic heterocycles. The minimum absolute atomic E-state index is 0.0375. The van der Waals surface area contributed by atoms with Crippen LogP contribution in [-0.2, 0) is 14.4 Å². The second-order valence-electron chi connectivity index (χ2n) is 9.03. The van der Waals surface area contributed by atoms with Gasteiger partial charge in [0, 0.05) is 24.7 Å². The number of methoxy groups -OCH3 is 1. The van der Waals surface area contributed by atoms with E-state index in [4.69, 9.17) is 4.74 Å². The van der Waals surface area contributed by atoms with Gasteiger partial charge in [-0.15, -0.1) is 0 Å². The first-order chi connectivity index (χ1) is 14.9. The van der Waals surface area contributed by atoms with Crippen LogP contribution >= 0.6 is 0 Å². The maximum atomic E-state index is 12.9. The van der Waals surface area contributed by atoms with E-state index in [-0.39, 0.29) is 36.1 Å². The Hall–Kier alpha value is -2.57. The van der Waals surface area contributed by atoms with Gasteiger partial charge in [-0.2, -0.15) is 0 Å². The van der Waals surface area contributed by atoms with Gasteiger partial charge in [0.2, 0.25) is 17.7 Å². The Morgan fingerprint density at radius 1 is 1.06 bits per heavy atom. The highest BCUT2D eigenvalue weighted by molar-refractivity contribution is 6.01. The molecule has 1 aromatic rings. The van der Waals surface area contributed by atoms with E-state index < -0.39 is 12.0 Å². The number of carbonyl (C=O) groups excluding carboxylic acids is 3. The summed E-state index contributed by atoms with van der Waals surface area (Å²) >= 11 is 0. The molecule has 2 fully saturated rings. The molecule has 3 amide bonds. The Balaban J connectivity index is 1.59. The second kappa shape index (κ2) is 10.6. The van der Waals surface area contributed by atoms with Gasteiger partial charge in [0.15, 0.2) is 0 Å². The molecule has 3 rings (SSSR count). The van der Waals surface area contributed by atoms with Gasteiger partial charge in [-0.05, 0) is 43.0 Å². The lowest BCUT2D eigenvalue weighted by molar-refractivity contribution is -0.132. The minimum Gasteiger partial charge on any atom is -0.497 e. The summed E-state index contributed by atoms with van der Waals surface area (Å²) in [4.78, 5) is 40.0. The van der Waals surface area contributed by atoms with Gasteiger partial charge in [-0.25, -0.2) is 0 Å². The van der Waals surface area contributed by atoms with Crippen molar-refractivity contribution in [3.8, 4) is 5.75 Å².